The predicted octanol–water partition coefficient (Wildman–Crippen LogP) is 2.52. The molecule has 0 radical (unpaired) electrons. The van der Waals surface area contributed by atoms with Crippen LogP contribution in [-0.2, 0) is 0 Å². The van der Waals surface area contributed by atoms with E-state index in [1.165, 1.54) is 11.1 Å². The van der Waals surface area contributed by atoms with E-state index in [4.69, 9.17) is 0 Å². The van der Waals surface area contributed by atoms with Crippen LogP contribution in [0.15, 0.2) is 24.3 Å². The number of aryl methyl sites for hydroxylation is 1. The highest BCUT2D eigenvalue weighted by Crippen LogP contribution is 2.19. The normalized spacial score (nSPS) is 16.6. The zero-order valence-electron chi connectivity index (χ0n) is 9.79. The van der Waals surface area contributed by atoms with Crippen molar-refractivity contribution in [3.63, 3.8) is 0 Å². The Bertz CT molecular complexity index is 385. The van der Waals surface area contributed by atoms with Gasteiger partial charge in [0, 0.05) is 6.04 Å². The molecule has 86 valence electrons. The third-order valence-corrected chi connectivity index (χ3v) is 2.92. The second-order valence-corrected chi connectivity index (χ2v) is 4.47. The Balaban J connectivity index is 1.93. The Morgan fingerprint density at radius 1 is 1.38 bits per heavy atom. The molecule has 2 rings (SSSR count). The largest absolute Gasteiger partial charge is 0.335 e. The first-order valence-corrected chi connectivity index (χ1v) is 5.79. The SMILES string of the molecule is Cc1ccccc1C(C)NC(=O)NC1CC1. The van der Waals surface area contributed by atoms with E-state index in [-0.39, 0.29) is 12.1 Å². The minimum atomic E-state index is -0.0572. The fourth-order valence-corrected chi connectivity index (χ4v) is 1.80. The molecule has 1 aromatic rings. The number of carbonyl (C=O) groups is 1. The number of hydrogen-bond donors (Lipinski definition) is 2. The Kier molecular flexibility index (Phi) is 3.13. The fraction of sp³-hybridized carbons (Fsp3) is 0.462. The average Bonchev–Trinajstić information content (AvgIpc) is 3.01. The summed E-state index contributed by atoms with van der Waals surface area (Å²) in [6, 6.07) is 8.53. The molecule has 1 saturated carbocycles. The lowest BCUT2D eigenvalue weighted by Gasteiger charge is -2.16. The molecule has 3 heteroatoms. The zero-order chi connectivity index (χ0) is 11.5. The van der Waals surface area contributed by atoms with Crippen LogP contribution in [-0.4, -0.2) is 12.1 Å². The number of hydrogen-bond acceptors (Lipinski definition) is 1. The van der Waals surface area contributed by atoms with Gasteiger partial charge in [0.05, 0.1) is 6.04 Å². The van der Waals surface area contributed by atoms with Gasteiger partial charge in [0.2, 0.25) is 0 Å². The minimum Gasteiger partial charge on any atom is -0.335 e. The Hall–Kier alpha value is -1.51. The number of benzene rings is 1. The Labute approximate surface area is 96.2 Å². The van der Waals surface area contributed by atoms with Gasteiger partial charge in [0.25, 0.3) is 0 Å². The maximum Gasteiger partial charge on any atom is 0.315 e. The molecule has 16 heavy (non-hydrogen) atoms. The van der Waals surface area contributed by atoms with E-state index < -0.39 is 0 Å². The summed E-state index contributed by atoms with van der Waals surface area (Å²) < 4.78 is 0. The maximum absolute atomic E-state index is 11.6. The topological polar surface area (TPSA) is 41.1 Å². The average molecular weight is 218 g/mol. The van der Waals surface area contributed by atoms with Crippen LogP contribution >= 0.6 is 0 Å². The number of amides is 2. The van der Waals surface area contributed by atoms with Crippen LogP contribution < -0.4 is 10.6 Å². The van der Waals surface area contributed by atoms with E-state index in [2.05, 4.69) is 29.7 Å². The smallest absolute Gasteiger partial charge is 0.315 e. The van der Waals surface area contributed by atoms with Crippen LogP contribution in [0.2, 0.25) is 0 Å². The van der Waals surface area contributed by atoms with Gasteiger partial charge in [-0.1, -0.05) is 24.3 Å². The molecule has 0 aliphatic heterocycles. The van der Waals surface area contributed by atoms with Gasteiger partial charge in [-0.15, -0.1) is 0 Å². The standard InChI is InChI=1S/C13H18N2O/c1-9-5-3-4-6-12(9)10(2)14-13(16)15-11-7-8-11/h3-6,10-11H,7-8H2,1-2H3,(H2,14,15,16). The van der Waals surface area contributed by atoms with Crippen molar-refractivity contribution >= 4 is 6.03 Å². The Morgan fingerprint density at radius 2 is 2.06 bits per heavy atom. The van der Waals surface area contributed by atoms with E-state index in [0.717, 1.165) is 12.8 Å². The van der Waals surface area contributed by atoms with E-state index >= 15 is 0 Å². The molecule has 1 aliphatic carbocycles. The first-order chi connectivity index (χ1) is 7.66. The molecular formula is C13H18N2O. The summed E-state index contributed by atoms with van der Waals surface area (Å²) >= 11 is 0. The van der Waals surface area contributed by atoms with Crippen molar-refractivity contribution in [1.29, 1.82) is 0 Å². The molecule has 1 unspecified atom stereocenters. The van der Waals surface area contributed by atoms with Gasteiger partial charge in [-0.3, -0.25) is 0 Å². The van der Waals surface area contributed by atoms with Crippen LogP contribution in [0.4, 0.5) is 4.79 Å². The second kappa shape index (κ2) is 4.56. The number of carbonyl (C=O) groups excluding carboxylic acids is 1. The molecule has 1 fully saturated rings. The summed E-state index contributed by atoms with van der Waals surface area (Å²) in [4.78, 5) is 11.6. The summed E-state index contributed by atoms with van der Waals surface area (Å²) in [5.74, 6) is 0. The Morgan fingerprint density at radius 3 is 2.69 bits per heavy atom. The molecule has 0 saturated heterocycles. The highest BCUT2D eigenvalue weighted by molar-refractivity contribution is 5.75. The van der Waals surface area contributed by atoms with Crippen molar-refractivity contribution in [2.75, 3.05) is 0 Å². The molecule has 1 atom stereocenters. The first-order valence-electron chi connectivity index (χ1n) is 5.79. The fourth-order valence-electron chi connectivity index (χ4n) is 1.80. The molecule has 2 amide bonds. The molecule has 0 aromatic heterocycles. The molecule has 1 aliphatic rings. The minimum absolute atomic E-state index is 0.0555. The quantitative estimate of drug-likeness (QED) is 0.804. The van der Waals surface area contributed by atoms with E-state index in [1.54, 1.807) is 0 Å². The third-order valence-electron chi connectivity index (χ3n) is 2.92. The van der Waals surface area contributed by atoms with E-state index in [0.29, 0.717) is 6.04 Å². The second-order valence-electron chi connectivity index (χ2n) is 4.47. The van der Waals surface area contributed by atoms with Crippen LogP contribution in [0.5, 0.6) is 0 Å². The van der Waals surface area contributed by atoms with Gasteiger partial charge in [0.15, 0.2) is 0 Å². The van der Waals surface area contributed by atoms with Crippen LogP contribution in [0, 0.1) is 6.92 Å². The van der Waals surface area contributed by atoms with Gasteiger partial charge >= 0.3 is 6.03 Å². The molecule has 0 bridgehead atoms. The van der Waals surface area contributed by atoms with Gasteiger partial charge in [0.1, 0.15) is 0 Å². The van der Waals surface area contributed by atoms with Gasteiger partial charge in [-0.2, -0.15) is 0 Å². The third kappa shape index (κ3) is 2.75. The highest BCUT2D eigenvalue weighted by Gasteiger charge is 2.23. The van der Waals surface area contributed by atoms with Crippen LogP contribution in [0.25, 0.3) is 0 Å². The lowest BCUT2D eigenvalue weighted by atomic mass is 10.0. The van der Waals surface area contributed by atoms with Crippen LogP contribution in [0.3, 0.4) is 0 Å². The van der Waals surface area contributed by atoms with Crippen molar-refractivity contribution in [3.8, 4) is 0 Å². The van der Waals surface area contributed by atoms with Crippen molar-refractivity contribution in [1.82, 2.24) is 10.6 Å². The van der Waals surface area contributed by atoms with E-state index in [9.17, 15) is 4.79 Å². The van der Waals surface area contributed by atoms with Crippen molar-refractivity contribution < 1.29 is 4.79 Å². The summed E-state index contributed by atoms with van der Waals surface area (Å²) in [6.07, 6.45) is 2.23. The van der Waals surface area contributed by atoms with Crippen LogP contribution in [0.1, 0.15) is 36.9 Å². The molecule has 0 spiro atoms. The van der Waals surface area contributed by atoms with Gasteiger partial charge in [-0.05, 0) is 37.8 Å². The summed E-state index contributed by atoms with van der Waals surface area (Å²) in [5, 5.41) is 5.88. The summed E-state index contributed by atoms with van der Waals surface area (Å²) in [7, 11) is 0. The lowest BCUT2D eigenvalue weighted by Crippen LogP contribution is -2.38. The summed E-state index contributed by atoms with van der Waals surface area (Å²) in [6.45, 7) is 4.07. The lowest BCUT2D eigenvalue weighted by molar-refractivity contribution is 0.237. The zero-order valence-corrected chi connectivity index (χ0v) is 9.79. The van der Waals surface area contributed by atoms with Crippen molar-refractivity contribution in [3.05, 3.63) is 35.4 Å². The van der Waals surface area contributed by atoms with E-state index in [1.807, 2.05) is 19.1 Å². The van der Waals surface area contributed by atoms with Gasteiger partial charge < -0.3 is 10.6 Å². The molecule has 3 nitrogen and oxygen atoms in total. The monoisotopic (exact) mass is 218 g/mol. The molecular weight excluding hydrogens is 200 g/mol. The predicted molar refractivity (Wildman–Crippen MR) is 64.3 cm³/mol. The number of urea groups is 1. The summed E-state index contributed by atoms with van der Waals surface area (Å²) in [5.41, 5.74) is 2.38. The highest BCUT2D eigenvalue weighted by atomic mass is 16.2. The maximum atomic E-state index is 11.6. The van der Waals surface area contributed by atoms with Crippen molar-refractivity contribution in [2.24, 2.45) is 0 Å². The van der Waals surface area contributed by atoms with Gasteiger partial charge in [-0.25, -0.2) is 4.79 Å². The molecule has 2 N–H and O–H groups in total. The number of rotatable bonds is 3. The molecule has 1 aromatic carbocycles. The first kappa shape index (κ1) is 11.0. The number of nitrogens with one attached hydrogen (secondary N) is 2. The molecule has 0 heterocycles. The van der Waals surface area contributed by atoms with Crippen molar-refractivity contribution in [2.45, 2.75) is 38.8 Å².